The Bertz CT molecular complexity index is 1020. The summed E-state index contributed by atoms with van der Waals surface area (Å²) in [6.45, 7) is 1.94. The van der Waals surface area contributed by atoms with Gasteiger partial charge in [0.1, 0.15) is 16.5 Å². The van der Waals surface area contributed by atoms with Crippen LogP contribution in [0, 0.1) is 12.7 Å². The van der Waals surface area contributed by atoms with Crippen molar-refractivity contribution in [1.82, 2.24) is 19.5 Å². The summed E-state index contributed by atoms with van der Waals surface area (Å²) in [6, 6.07) is 7.54. The summed E-state index contributed by atoms with van der Waals surface area (Å²) >= 11 is 1.50. The third-order valence-electron chi connectivity index (χ3n) is 3.70. The highest BCUT2D eigenvalue weighted by molar-refractivity contribution is 7.18. The zero-order valence-electron chi connectivity index (χ0n) is 12.6. The van der Waals surface area contributed by atoms with E-state index in [1.54, 1.807) is 6.20 Å². The van der Waals surface area contributed by atoms with E-state index in [4.69, 9.17) is 4.98 Å². The quantitative estimate of drug-likeness (QED) is 0.555. The highest BCUT2D eigenvalue weighted by Crippen LogP contribution is 2.34. The maximum atomic E-state index is 13.4. The summed E-state index contributed by atoms with van der Waals surface area (Å²) in [6.07, 6.45) is 4.81. The van der Waals surface area contributed by atoms with Crippen molar-refractivity contribution in [1.29, 1.82) is 0 Å². The van der Waals surface area contributed by atoms with E-state index >= 15 is 0 Å². The first-order valence-electron chi connectivity index (χ1n) is 7.12. The maximum absolute atomic E-state index is 13.4. The van der Waals surface area contributed by atoms with Gasteiger partial charge in [-0.2, -0.15) is 0 Å². The van der Waals surface area contributed by atoms with Crippen LogP contribution in [0.5, 0.6) is 0 Å². The van der Waals surface area contributed by atoms with Crippen molar-refractivity contribution >= 4 is 22.4 Å². The van der Waals surface area contributed by atoms with Crippen LogP contribution in [-0.2, 0) is 7.05 Å². The molecule has 0 radical (unpaired) electrons. The summed E-state index contributed by atoms with van der Waals surface area (Å²) in [5.41, 5.74) is 3.38. The van der Waals surface area contributed by atoms with E-state index in [-0.39, 0.29) is 5.82 Å². The first-order valence-corrected chi connectivity index (χ1v) is 7.94. The van der Waals surface area contributed by atoms with E-state index in [1.807, 2.05) is 36.9 Å². The van der Waals surface area contributed by atoms with Crippen molar-refractivity contribution in [3.63, 3.8) is 0 Å². The molecule has 4 heterocycles. The Hall–Kier alpha value is -2.60. The molecule has 0 bridgehead atoms. The van der Waals surface area contributed by atoms with Crippen LogP contribution in [0.2, 0.25) is 0 Å². The molecule has 0 spiro atoms. The van der Waals surface area contributed by atoms with E-state index in [0.29, 0.717) is 5.56 Å². The number of aromatic nitrogens is 4. The molecular weight excluding hydrogens is 311 g/mol. The van der Waals surface area contributed by atoms with Gasteiger partial charge in [-0.25, -0.2) is 14.4 Å². The van der Waals surface area contributed by atoms with Gasteiger partial charge in [-0.1, -0.05) is 0 Å². The standard InChI is InChI=1S/C17H13FN4S/c1-10-15(14-4-3-11-5-6-22(2)16(11)21-14)23-17(20-10)12-7-13(18)9-19-8-12/h3-9H,1-2H3. The lowest BCUT2D eigenvalue weighted by molar-refractivity contribution is 0.622. The largest absolute Gasteiger partial charge is 0.336 e. The van der Waals surface area contributed by atoms with E-state index in [0.717, 1.165) is 32.3 Å². The SMILES string of the molecule is Cc1nc(-c2cncc(F)c2)sc1-c1ccc2ccn(C)c2n1. The molecule has 0 saturated carbocycles. The van der Waals surface area contributed by atoms with Crippen LogP contribution >= 0.6 is 11.3 Å². The Morgan fingerprint density at radius 3 is 2.83 bits per heavy atom. The second kappa shape index (κ2) is 5.24. The average molecular weight is 324 g/mol. The predicted octanol–water partition coefficient (Wildman–Crippen LogP) is 4.21. The molecule has 0 aliphatic rings. The van der Waals surface area contributed by atoms with Gasteiger partial charge in [0, 0.05) is 30.4 Å². The number of halogens is 1. The number of hydrogen-bond donors (Lipinski definition) is 0. The molecule has 114 valence electrons. The molecule has 0 aliphatic heterocycles. The van der Waals surface area contributed by atoms with Crippen LogP contribution in [0.4, 0.5) is 4.39 Å². The second-order valence-corrected chi connectivity index (χ2v) is 6.36. The Morgan fingerprint density at radius 2 is 2.00 bits per heavy atom. The Labute approximate surface area is 136 Å². The molecule has 0 unspecified atom stereocenters. The Morgan fingerprint density at radius 1 is 1.13 bits per heavy atom. The molecule has 0 aliphatic carbocycles. The highest BCUT2D eigenvalue weighted by atomic mass is 32.1. The number of pyridine rings is 2. The highest BCUT2D eigenvalue weighted by Gasteiger charge is 2.14. The summed E-state index contributed by atoms with van der Waals surface area (Å²) in [5, 5.41) is 1.85. The number of hydrogen-bond acceptors (Lipinski definition) is 4. The van der Waals surface area contributed by atoms with Gasteiger partial charge in [0.05, 0.1) is 22.5 Å². The molecule has 0 atom stereocenters. The van der Waals surface area contributed by atoms with Crippen LogP contribution in [0.25, 0.3) is 32.2 Å². The molecule has 0 amide bonds. The minimum atomic E-state index is -0.361. The van der Waals surface area contributed by atoms with Crippen LogP contribution in [0.15, 0.2) is 42.9 Å². The molecule has 0 fully saturated rings. The minimum absolute atomic E-state index is 0.361. The van der Waals surface area contributed by atoms with Crippen molar-refractivity contribution in [2.45, 2.75) is 6.92 Å². The lowest BCUT2D eigenvalue weighted by Gasteiger charge is -2.00. The zero-order valence-corrected chi connectivity index (χ0v) is 13.4. The third-order valence-corrected chi connectivity index (χ3v) is 4.93. The van der Waals surface area contributed by atoms with E-state index in [2.05, 4.69) is 16.0 Å². The van der Waals surface area contributed by atoms with Crippen LogP contribution in [0.3, 0.4) is 0 Å². The van der Waals surface area contributed by atoms with E-state index in [9.17, 15) is 4.39 Å². The van der Waals surface area contributed by atoms with Gasteiger partial charge in [0.25, 0.3) is 0 Å². The Kier molecular flexibility index (Phi) is 3.20. The summed E-state index contributed by atoms with van der Waals surface area (Å²) in [7, 11) is 1.97. The number of nitrogens with zero attached hydrogens (tertiary/aromatic N) is 4. The number of rotatable bonds is 2. The van der Waals surface area contributed by atoms with Crippen molar-refractivity contribution in [3.8, 4) is 21.1 Å². The molecule has 0 aromatic carbocycles. The van der Waals surface area contributed by atoms with Gasteiger partial charge in [-0.05, 0) is 31.2 Å². The maximum Gasteiger partial charge on any atom is 0.142 e. The van der Waals surface area contributed by atoms with Gasteiger partial charge in [0.2, 0.25) is 0 Å². The summed E-state index contributed by atoms with van der Waals surface area (Å²) in [5.74, 6) is -0.361. The van der Waals surface area contributed by atoms with Gasteiger partial charge >= 0.3 is 0 Å². The molecule has 4 aromatic rings. The van der Waals surface area contributed by atoms with Crippen LogP contribution < -0.4 is 0 Å². The first-order chi connectivity index (χ1) is 11.1. The second-order valence-electron chi connectivity index (χ2n) is 5.36. The summed E-state index contributed by atoms with van der Waals surface area (Å²) < 4.78 is 15.4. The number of aryl methyl sites for hydroxylation is 2. The third kappa shape index (κ3) is 2.41. The lowest BCUT2D eigenvalue weighted by Crippen LogP contribution is -1.90. The topological polar surface area (TPSA) is 43.6 Å². The van der Waals surface area contributed by atoms with Crippen molar-refractivity contribution in [3.05, 3.63) is 54.4 Å². The van der Waals surface area contributed by atoms with Gasteiger partial charge in [0.15, 0.2) is 0 Å². The van der Waals surface area contributed by atoms with Crippen LogP contribution in [-0.4, -0.2) is 19.5 Å². The Balaban J connectivity index is 1.83. The predicted molar refractivity (Wildman–Crippen MR) is 89.7 cm³/mol. The minimum Gasteiger partial charge on any atom is -0.336 e. The molecule has 4 nitrogen and oxygen atoms in total. The fourth-order valence-corrected chi connectivity index (χ4v) is 3.56. The van der Waals surface area contributed by atoms with E-state index in [1.165, 1.54) is 23.6 Å². The molecule has 23 heavy (non-hydrogen) atoms. The first kappa shape index (κ1) is 14.0. The molecule has 6 heteroatoms. The fraction of sp³-hybridized carbons (Fsp3) is 0.118. The lowest BCUT2D eigenvalue weighted by atomic mass is 10.2. The molecule has 0 saturated heterocycles. The molecule has 4 rings (SSSR count). The zero-order chi connectivity index (χ0) is 16.0. The monoisotopic (exact) mass is 324 g/mol. The fourth-order valence-electron chi connectivity index (χ4n) is 2.55. The normalized spacial score (nSPS) is 11.3. The number of fused-ring (bicyclic) bond motifs is 1. The summed E-state index contributed by atoms with van der Waals surface area (Å²) in [4.78, 5) is 14.2. The van der Waals surface area contributed by atoms with Crippen molar-refractivity contribution < 1.29 is 4.39 Å². The smallest absolute Gasteiger partial charge is 0.142 e. The molecule has 0 N–H and O–H groups in total. The average Bonchev–Trinajstić information content (AvgIpc) is 3.11. The van der Waals surface area contributed by atoms with Gasteiger partial charge < -0.3 is 4.57 Å². The van der Waals surface area contributed by atoms with Crippen molar-refractivity contribution in [2.24, 2.45) is 7.05 Å². The molecular formula is C17H13FN4S. The van der Waals surface area contributed by atoms with Gasteiger partial charge in [-0.3, -0.25) is 4.98 Å². The molecule has 4 aromatic heterocycles. The van der Waals surface area contributed by atoms with E-state index < -0.39 is 0 Å². The van der Waals surface area contributed by atoms with Gasteiger partial charge in [-0.15, -0.1) is 11.3 Å². The van der Waals surface area contributed by atoms with Crippen molar-refractivity contribution in [2.75, 3.05) is 0 Å². The number of thiazole rings is 1. The van der Waals surface area contributed by atoms with Crippen LogP contribution in [0.1, 0.15) is 5.69 Å².